The number of nitrogens with two attached hydrogens (primary N) is 1. The zero-order chi connectivity index (χ0) is 16.1. The van der Waals surface area contributed by atoms with Gasteiger partial charge in [-0.25, -0.2) is 0 Å². The first-order valence-corrected chi connectivity index (χ1v) is 7.86. The van der Waals surface area contributed by atoms with Crippen LogP contribution in [-0.4, -0.2) is 17.9 Å². The molecule has 1 aromatic carbocycles. The van der Waals surface area contributed by atoms with Crippen LogP contribution in [-0.2, 0) is 4.79 Å². The fourth-order valence-electron chi connectivity index (χ4n) is 2.11. The first-order chi connectivity index (χ1) is 10.5. The zero-order valence-corrected chi connectivity index (χ0v) is 13.3. The second-order valence-electron chi connectivity index (χ2n) is 5.04. The molecule has 0 saturated carbocycles. The number of thiophene rings is 1. The Morgan fingerprint density at radius 1 is 1.14 bits per heavy atom. The van der Waals surface area contributed by atoms with E-state index in [0.717, 1.165) is 5.56 Å². The Hall–Kier alpha value is -2.18. The Morgan fingerprint density at radius 3 is 2.45 bits per heavy atom. The normalized spacial score (nSPS) is 13.4. The summed E-state index contributed by atoms with van der Waals surface area (Å²) in [6.45, 7) is 3.78. The Bertz CT molecular complexity index is 654. The summed E-state index contributed by atoms with van der Waals surface area (Å²) in [5, 5.41) is 8.19. The zero-order valence-electron chi connectivity index (χ0n) is 12.5. The van der Waals surface area contributed by atoms with Gasteiger partial charge in [0.05, 0.1) is 11.6 Å². The molecule has 0 aliphatic carbocycles. The molecule has 5 nitrogen and oxygen atoms in total. The van der Waals surface area contributed by atoms with Crippen LogP contribution in [0.4, 0.5) is 5.00 Å². The van der Waals surface area contributed by atoms with Gasteiger partial charge in [-0.15, -0.1) is 11.3 Å². The Morgan fingerprint density at radius 2 is 1.82 bits per heavy atom. The maximum absolute atomic E-state index is 12.2. The lowest BCUT2D eigenvalue weighted by molar-refractivity contribution is -0.117. The Kier molecular flexibility index (Phi) is 5.30. The van der Waals surface area contributed by atoms with Crippen molar-refractivity contribution in [2.24, 2.45) is 5.73 Å². The van der Waals surface area contributed by atoms with Gasteiger partial charge in [0.25, 0.3) is 5.91 Å². The van der Waals surface area contributed by atoms with E-state index in [1.54, 1.807) is 18.4 Å². The largest absolute Gasteiger partial charge is 0.366 e. The molecule has 0 saturated heterocycles. The van der Waals surface area contributed by atoms with Crippen molar-refractivity contribution in [2.75, 3.05) is 5.32 Å². The summed E-state index contributed by atoms with van der Waals surface area (Å²) < 4.78 is 0. The molecule has 0 aliphatic rings. The lowest BCUT2D eigenvalue weighted by atomic mass is 10.1. The van der Waals surface area contributed by atoms with Crippen LogP contribution in [0.5, 0.6) is 0 Å². The molecule has 0 spiro atoms. The molecule has 0 unspecified atom stereocenters. The van der Waals surface area contributed by atoms with Gasteiger partial charge in [-0.05, 0) is 30.9 Å². The number of rotatable bonds is 6. The predicted octanol–water partition coefficient (Wildman–Crippen LogP) is 2.52. The van der Waals surface area contributed by atoms with Crippen LogP contribution in [0.1, 0.15) is 35.8 Å². The number of hydrogen-bond donors (Lipinski definition) is 3. The van der Waals surface area contributed by atoms with Crippen LogP contribution < -0.4 is 16.4 Å². The van der Waals surface area contributed by atoms with E-state index in [9.17, 15) is 9.59 Å². The number of benzene rings is 1. The molecule has 22 heavy (non-hydrogen) atoms. The van der Waals surface area contributed by atoms with Crippen LogP contribution in [0.2, 0.25) is 0 Å². The van der Waals surface area contributed by atoms with Gasteiger partial charge in [0.2, 0.25) is 5.91 Å². The van der Waals surface area contributed by atoms with Crippen molar-refractivity contribution in [3.63, 3.8) is 0 Å². The highest BCUT2D eigenvalue weighted by atomic mass is 32.1. The lowest BCUT2D eigenvalue weighted by Gasteiger charge is -2.19. The molecular weight excluding hydrogens is 298 g/mol. The molecule has 2 aromatic rings. The maximum atomic E-state index is 12.2. The number of carbonyl (C=O) groups is 2. The van der Waals surface area contributed by atoms with Crippen molar-refractivity contribution in [3.8, 4) is 0 Å². The van der Waals surface area contributed by atoms with E-state index in [0.29, 0.717) is 10.6 Å². The number of nitrogens with one attached hydrogen (secondary N) is 2. The molecule has 1 aromatic heterocycles. The molecule has 116 valence electrons. The average molecular weight is 317 g/mol. The highest BCUT2D eigenvalue weighted by Crippen LogP contribution is 2.23. The fourth-order valence-corrected chi connectivity index (χ4v) is 2.90. The van der Waals surface area contributed by atoms with Gasteiger partial charge in [0.1, 0.15) is 5.00 Å². The molecule has 2 rings (SSSR count). The van der Waals surface area contributed by atoms with E-state index in [4.69, 9.17) is 5.73 Å². The van der Waals surface area contributed by atoms with E-state index in [1.807, 2.05) is 37.3 Å². The number of amides is 2. The summed E-state index contributed by atoms with van der Waals surface area (Å²) in [6.07, 6.45) is 0. The highest BCUT2D eigenvalue weighted by molar-refractivity contribution is 7.14. The van der Waals surface area contributed by atoms with E-state index in [-0.39, 0.29) is 11.9 Å². The van der Waals surface area contributed by atoms with Crippen molar-refractivity contribution in [1.29, 1.82) is 0 Å². The van der Waals surface area contributed by atoms with E-state index >= 15 is 0 Å². The van der Waals surface area contributed by atoms with Gasteiger partial charge in [0.15, 0.2) is 0 Å². The average Bonchev–Trinajstić information content (AvgIpc) is 2.96. The number of primary amides is 1. The lowest BCUT2D eigenvalue weighted by Crippen LogP contribution is -2.39. The number of carbonyl (C=O) groups excluding carboxylic acids is 2. The molecular formula is C16H19N3O2S. The van der Waals surface area contributed by atoms with Gasteiger partial charge < -0.3 is 11.1 Å². The summed E-state index contributed by atoms with van der Waals surface area (Å²) in [7, 11) is 0. The molecule has 0 aliphatic heterocycles. The predicted molar refractivity (Wildman–Crippen MR) is 88.9 cm³/mol. The minimum absolute atomic E-state index is 0.0425. The van der Waals surface area contributed by atoms with Crippen molar-refractivity contribution in [3.05, 3.63) is 52.9 Å². The monoisotopic (exact) mass is 317 g/mol. The fraction of sp³-hybridized carbons (Fsp3) is 0.250. The van der Waals surface area contributed by atoms with Gasteiger partial charge in [-0.2, -0.15) is 0 Å². The summed E-state index contributed by atoms with van der Waals surface area (Å²) >= 11 is 1.28. The van der Waals surface area contributed by atoms with E-state index < -0.39 is 11.9 Å². The van der Waals surface area contributed by atoms with Gasteiger partial charge in [-0.3, -0.25) is 14.9 Å². The molecule has 6 heteroatoms. The molecule has 0 radical (unpaired) electrons. The summed E-state index contributed by atoms with van der Waals surface area (Å²) in [5.74, 6) is -0.748. The van der Waals surface area contributed by atoms with Crippen molar-refractivity contribution in [2.45, 2.75) is 25.9 Å². The second-order valence-corrected chi connectivity index (χ2v) is 5.95. The van der Waals surface area contributed by atoms with Crippen LogP contribution in [0.25, 0.3) is 0 Å². The highest BCUT2D eigenvalue weighted by Gasteiger charge is 2.19. The summed E-state index contributed by atoms with van der Waals surface area (Å²) in [4.78, 5) is 23.5. The topological polar surface area (TPSA) is 84.2 Å². The van der Waals surface area contributed by atoms with Crippen LogP contribution in [0.15, 0.2) is 41.8 Å². The van der Waals surface area contributed by atoms with Crippen LogP contribution >= 0.6 is 11.3 Å². The van der Waals surface area contributed by atoms with Crippen molar-refractivity contribution >= 4 is 28.2 Å². The van der Waals surface area contributed by atoms with E-state index in [1.165, 1.54) is 11.3 Å². The number of anilines is 1. The first kappa shape index (κ1) is 16.2. The molecule has 0 bridgehead atoms. The van der Waals surface area contributed by atoms with Gasteiger partial charge in [0, 0.05) is 6.04 Å². The minimum Gasteiger partial charge on any atom is -0.366 e. The smallest absolute Gasteiger partial charge is 0.251 e. The molecule has 4 N–H and O–H groups in total. The quantitative estimate of drug-likeness (QED) is 0.765. The van der Waals surface area contributed by atoms with Crippen LogP contribution in [0.3, 0.4) is 0 Å². The third-order valence-electron chi connectivity index (χ3n) is 3.36. The maximum Gasteiger partial charge on any atom is 0.251 e. The second kappa shape index (κ2) is 7.20. The number of hydrogen-bond acceptors (Lipinski definition) is 4. The summed E-state index contributed by atoms with van der Waals surface area (Å²) in [5.41, 5.74) is 6.71. The van der Waals surface area contributed by atoms with Crippen molar-refractivity contribution in [1.82, 2.24) is 5.32 Å². The van der Waals surface area contributed by atoms with Gasteiger partial charge in [-0.1, -0.05) is 30.3 Å². The third kappa shape index (κ3) is 3.93. The molecule has 1 heterocycles. The molecule has 0 fully saturated rings. The Balaban J connectivity index is 1.97. The first-order valence-electron chi connectivity index (χ1n) is 6.98. The minimum atomic E-state index is -0.546. The SMILES string of the molecule is C[C@H](N[C@@H](C)c1ccccc1)C(=O)Nc1sccc1C(N)=O. The Labute approximate surface area is 133 Å². The molecule has 2 atom stereocenters. The van der Waals surface area contributed by atoms with Crippen LogP contribution in [0, 0.1) is 0 Å². The summed E-state index contributed by atoms with van der Waals surface area (Å²) in [6, 6.07) is 11.1. The van der Waals surface area contributed by atoms with E-state index in [2.05, 4.69) is 10.6 Å². The van der Waals surface area contributed by atoms with Gasteiger partial charge >= 0.3 is 0 Å². The standard InChI is InChI=1S/C16H19N3O2S/c1-10(12-6-4-3-5-7-12)18-11(2)15(21)19-16-13(14(17)20)8-9-22-16/h3-11,18H,1-2H3,(H2,17,20)(H,19,21)/t10-,11-/m0/s1. The van der Waals surface area contributed by atoms with Crippen molar-refractivity contribution < 1.29 is 9.59 Å². The third-order valence-corrected chi connectivity index (χ3v) is 4.19. The molecule has 2 amide bonds.